The predicted octanol–water partition coefficient (Wildman–Crippen LogP) is 3.13. The van der Waals surface area contributed by atoms with Crippen molar-refractivity contribution in [1.82, 2.24) is 19.7 Å². The summed E-state index contributed by atoms with van der Waals surface area (Å²) >= 11 is 0. The first-order valence-electron chi connectivity index (χ1n) is 9.71. The molecule has 8 nitrogen and oxygen atoms in total. The Bertz CT molecular complexity index is 1010. The fraction of sp³-hybridized carbons (Fsp3) is 0.333. The monoisotopic (exact) mass is 392 g/mol. The lowest BCUT2D eigenvalue weighted by Gasteiger charge is -2.27. The molecule has 29 heavy (non-hydrogen) atoms. The number of hydrogen-bond donors (Lipinski definition) is 1. The van der Waals surface area contributed by atoms with Crippen LogP contribution >= 0.6 is 0 Å². The van der Waals surface area contributed by atoms with Gasteiger partial charge in [0.15, 0.2) is 0 Å². The van der Waals surface area contributed by atoms with Crippen molar-refractivity contribution < 1.29 is 9.53 Å². The standard InChI is InChI=1S/C21H24N6O2/c1-26-18(12-17(25-26)15-7-6-8-16(11-15)29-2)21(28)24-19-13-20(23-14-22-19)27-9-4-3-5-10-27/h6-8,11-14H,3-5,9-10H2,1-2H3,(H,22,23,24,28). The number of anilines is 2. The third-order valence-electron chi connectivity index (χ3n) is 5.05. The van der Waals surface area contributed by atoms with Crippen LogP contribution in [0.25, 0.3) is 11.3 Å². The van der Waals surface area contributed by atoms with Gasteiger partial charge in [-0.2, -0.15) is 5.10 Å². The van der Waals surface area contributed by atoms with Crippen LogP contribution in [0.15, 0.2) is 42.7 Å². The lowest BCUT2D eigenvalue weighted by Crippen LogP contribution is -2.30. The van der Waals surface area contributed by atoms with Crippen molar-refractivity contribution in [1.29, 1.82) is 0 Å². The maximum absolute atomic E-state index is 12.8. The van der Waals surface area contributed by atoms with Crippen LogP contribution in [0.5, 0.6) is 5.75 Å². The van der Waals surface area contributed by atoms with Crippen molar-refractivity contribution in [2.45, 2.75) is 19.3 Å². The van der Waals surface area contributed by atoms with Crippen molar-refractivity contribution in [3.63, 3.8) is 0 Å². The lowest BCUT2D eigenvalue weighted by molar-refractivity contribution is 0.101. The minimum atomic E-state index is -0.266. The van der Waals surface area contributed by atoms with Crippen molar-refractivity contribution in [3.8, 4) is 17.0 Å². The van der Waals surface area contributed by atoms with Crippen molar-refractivity contribution >= 4 is 17.5 Å². The maximum Gasteiger partial charge on any atom is 0.275 e. The first-order valence-corrected chi connectivity index (χ1v) is 9.71. The first-order chi connectivity index (χ1) is 14.1. The summed E-state index contributed by atoms with van der Waals surface area (Å²) in [6.45, 7) is 1.96. The van der Waals surface area contributed by atoms with E-state index in [-0.39, 0.29) is 5.91 Å². The molecule has 0 spiro atoms. The number of methoxy groups -OCH3 is 1. The molecule has 0 bridgehead atoms. The molecular weight excluding hydrogens is 368 g/mol. The number of aromatic nitrogens is 4. The van der Waals surface area contributed by atoms with Gasteiger partial charge in [-0.15, -0.1) is 0 Å². The molecule has 0 atom stereocenters. The highest BCUT2D eigenvalue weighted by molar-refractivity contribution is 6.03. The van der Waals surface area contributed by atoms with Crippen LogP contribution in [0, 0.1) is 0 Å². The van der Waals surface area contributed by atoms with E-state index >= 15 is 0 Å². The molecular formula is C21H24N6O2. The third-order valence-corrected chi connectivity index (χ3v) is 5.05. The number of carbonyl (C=O) groups is 1. The molecule has 1 fully saturated rings. The molecule has 3 aromatic rings. The van der Waals surface area contributed by atoms with Crippen LogP contribution in [0.1, 0.15) is 29.8 Å². The second-order valence-corrected chi connectivity index (χ2v) is 7.03. The predicted molar refractivity (Wildman–Crippen MR) is 111 cm³/mol. The highest BCUT2D eigenvalue weighted by Crippen LogP contribution is 2.24. The lowest BCUT2D eigenvalue weighted by atomic mass is 10.1. The van der Waals surface area contributed by atoms with Gasteiger partial charge in [-0.1, -0.05) is 12.1 Å². The second kappa shape index (κ2) is 8.30. The SMILES string of the molecule is COc1cccc(-c2cc(C(=O)Nc3cc(N4CCCCC4)ncn3)n(C)n2)c1. The van der Waals surface area contributed by atoms with Crippen LogP contribution < -0.4 is 15.0 Å². The van der Waals surface area contributed by atoms with Gasteiger partial charge in [0.25, 0.3) is 5.91 Å². The highest BCUT2D eigenvalue weighted by atomic mass is 16.5. The molecule has 0 radical (unpaired) electrons. The van der Waals surface area contributed by atoms with E-state index in [1.165, 1.54) is 12.7 Å². The van der Waals surface area contributed by atoms with Gasteiger partial charge in [0.2, 0.25) is 0 Å². The molecule has 3 heterocycles. The summed E-state index contributed by atoms with van der Waals surface area (Å²) in [6, 6.07) is 11.2. The van der Waals surface area contributed by atoms with E-state index in [1.54, 1.807) is 24.9 Å². The fourth-order valence-corrected chi connectivity index (χ4v) is 3.49. The van der Waals surface area contributed by atoms with Gasteiger partial charge >= 0.3 is 0 Å². The maximum atomic E-state index is 12.8. The van der Waals surface area contributed by atoms with Gasteiger partial charge in [0.05, 0.1) is 12.8 Å². The number of hydrogen-bond acceptors (Lipinski definition) is 6. The Morgan fingerprint density at radius 2 is 1.93 bits per heavy atom. The average Bonchev–Trinajstić information content (AvgIpc) is 3.16. The van der Waals surface area contributed by atoms with Gasteiger partial charge in [0.1, 0.15) is 29.4 Å². The molecule has 8 heteroatoms. The van der Waals surface area contributed by atoms with Gasteiger partial charge < -0.3 is 15.0 Å². The largest absolute Gasteiger partial charge is 0.497 e. The van der Waals surface area contributed by atoms with E-state index in [1.807, 2.05) is 30.3 Å². The number of nitrogens with zero attached hydrogens (tertiary/aromatic N) is 5. The zero-order valence-corrected chi connectivity index (χ0v) is 16.6. The summed E-state index contributed by atoms with van der Waals surface area (Å²) in [6.07, 6.45) is 5.06. The number of rotatable bonds is 5. The smallest absolute Gasteiger partial charge is 0.275 e. The zero-order valence-electron chi connectivity index (χ0n) is 16.6. The van der Waals surface area contributed by atoms with Crippen LogP contribution in [-0.4, -0.2) is 45.9 Å². The van der Waals surface area contributed by atoms with Crippen LogP contribution in [-0.2, 0) is 7.05 Å². The molecule has 1 aliphatic rings. The molecule has 1 aromatic carbocycles. The third kappa shape index (κ3) is 4.21. The molecule has 0 saturated carbocycles. The highest BCUT2D eigenvalue weighted by Gasteiger charge is 2.17. The molecule has 1 amide bonds. The topological polar surface area (TPSA) is 85.2 Å². The molecule has 0 unspecified atom stereocenters. The summed E-state index contributed by atoms with van der Waals surface area (Å²) in [5.74, 6) is 1.80. The molecule has 150 valence electrons. The van der Waals surface area contributed by atoms with Crippen LogP contribution in [0.3, 0.4) is 0 Å². The Morgan fingerprint density at radius 1 is 1.10 bits per heavy atom. The van der Waals surface area contributed by atoms with E-state index < -0.39 is 0 Å². The number of benzene rings is 1. The molecule has 1 N–H and O–H groups in total. The normalized spacial score (nSPS) is 13.9. The minimum Gasteiger partial charge on any atom is -0.497 e. The molecule has 1 aliphatic heterocycles. The Hall–Kier alpha value is -3.42. The fourth-order valence-electron chi connectivity index (χ4n) is 3.49. The number of ether oxygens (including phenoxy) is 1. The van der Waals surface area contributed by atoms with Gasteiger partial charge in [-0.05, 0) is 37.5 Å². The van der Waals surface area contributed by atoms with E-state index in [0.29, 0.717) is 17.2 Å². The Morgan fingerprint density at radius 3 is 2.72 bits per heavy atom. The average molecular weight is 392 g/mol. The van der Waals surface area contributed by atoms with Crippen molar-refractivity contribution in [2.24, 2.45) is 7.05 Å². The van der Waals surface area contributed by atoms with Crippen LogP contribution in [0.2, 0.25) is 0 Å². The van der Waals surface area contributed by atoms with E-state index in [2.05, 4.69) is 25.3 Å². The number of piperidine rings is 1. The zero-order chi connectivity index (χ0) is 20.2. The Labute approximate surface area is 169 Å². The van der Waals surface area contributed by atoms with E-state index in [9.17, 15) is 4.79 Å². The molecule has 4 rings (SSSR count). The number of amides is 1. The summed E-state index contributed by atoms with van der Waals surface area (Å²) in [5.41, 5.74) is 2.03. The van der Waals surface area contributed by atoms with Crippen LogP contribution in [0.4, 0.5) is 11.6 Å². The summed E-state index contributed by atoms with van der Waals surface area (Å²) in [7, 11) is 3.37. The van der Waals surface area contributed by atoms with Crippen molar-refractivity contribution in [3.05, 3.63) is 48.4 Å². The van der Waals surface area contributed by atoms with Gasteiger partial charge in [-0.3, -0.25) is 9.48 Å². The molecule has 1 saturated heterocycles. The van der Waals surface area contributed by atoms with Crippen molar-refractivity contribution in [2.75, 3.05) is 30.4 Å². The number of aryl methyl sites for hydroxylation is 1. The summed E-state index contributed by atoms with van der Waals surface area (Å²) in [4.78, 5) is 23.6. The Balaban J connectivity index is 1.52. The molecule has 0 aliphatic carbocycles. The quantitative estimate of drug-likeness (QED) is 0.718. The van der Waals surface area contributed by atoms with E-state index in [0.717, 1.165) is 43.1 Å². The Kier molecular flexibility index (Phi) is 5.41. The second-order valence-electron chi connectivity index (χ2n) is 7.03. The van der Waals surface area contributed by atoms with E-state index in [4.69, 9.17) is 4.74 Å². The van der Waals surface area contributed by atoms with Gasteiger partial charge in [-0.25, -0.2) is 9.97 Å². The first kappa shape index (κ1) is 18.9. The molecule has 2 aromatic heterocycles. The number of carbonyl (C=O) groups excluding carboxylic acids is 1. The summed E-state index contributed by atoms with van der Waals surface area (Å²) in [5, 5.41) is 7.33. The summed E-state index contributed by atoms with van der Waals surface area (Å²) < 4.78 is 6.84. The number of nitrogens with one attached hydrogen (secondary N) is 1. The van der Waals surface area contributed by atoms with Gasteiger partial charge in [0, 0.05) is 31.8 Å². The minimum absolute atomic E-state index is 0.266.